The standard InChI is InChI=1S/C40H33BrO4/c1-24-11-5-6-12-26(24)23-40-30-15-9-7-13-28(30)34(29-14-8-10-16-31(29)40)35-32(45-38(43)39(2,3)4)21-22-33(36(35)40)44-37(42)25-17-19-27(41)20-18-25/h5-22,34H,23H2,1-4H3. The van der Waals surface area contributed by atoms with Crippen molar-refractivity contribution in [1.29, 1.82) is 0 Å². The first-order valence-corrected chi connectivity index (χ1v) is 16.0. The Morgan fingerprint density at radius 3 is 1.93 bits per heavy atom. The highest BCUT2D eigenvalue weighted by Crippen LogP contribution is 2.64. The molecule has 0 aromatic heterocycles. The Balaban J connectivity index is 1.54. The molecule has 0 unspecified atom stereocenters. The number of carbonyl (C=O) groups is 2. The Labute approximate surface area is 272 Å². The third kappa shape index (κ3) is 4.72. The van der Waals surface area contributed by atoms with E-state index in [1.165, 1.54) is 33.4 Å². The predicted octanol–water partition coefficient (Wildman–Crippen LogP) is 9.31. The Morgan fingerprint density at radius 2 is 1.31 bits per heavy atom. The Kier molecular flexibility index (Phi) is 7.05. The van der Waals surface area contributed by atoms with Gasteiger partial charge in [0, 0.05) is 21.5 Å². The number of carbonyl (C=O) groups excluding carboxylic acids is 2. The summed E-state index contributed by atoms with van der Waals surface area (Å²) in [6.07, 6.45) is 0.632. The van der Waals surface area contributed by atoms with Crippen LogP contribution in [-0.4, -0.2) is 11.9 Å². The average molecular weight is 658 g/mol. The van der Waals surface area contributed by atoms with Gasteiger partial charge < -0.3 is 9.47 Å². The summed E-state index contributed by atoms with van der Waals surface area (Å²) in [5.74, 6) is -0.00804. The summed E-state index contributed by atoms with van der Waals surface area (Å²) < 4.78 is 13.5. The molecule has 0 aliphatic heterocycles. The van der Waals surface area contributed by atoms with E-state index in [-0.39, 0.29) is 11.9 Å². The zero-order valence-electron chi connectivity index (χ0n) is 25.7. The second-order valence-electron chi connectivity index (χ2n) is 13.0. The van der Waals surface area contributed by atoms with Gasteiger partial charge in [-0.2, -0.15) is 0 Å². The number of aryl methyl sites for hydroxylation is 1. The van der Waals surface area contributed by atoms with Gasteiger partial charge >= 0.3 is 11.9 Å². The highest BCUT2D eigenvalue weighted by atomic mass is 79.9. The van der Waals surface area contributed by atoms with Crippen LogP contribution in [0.5, 0.6) is 11.5 Å². The van der Waals surface area contributed by atoms with Crippen LogP contribution in [0.15, 0.2) is 114 Å². The van der Waals surface area contributed by atoms with E-state index in [4.69, 9.17) is 9.47 Å². The van der Waals surface area contributed by atoms with Crippen molar-refractivity contribution in [3.63, 3.8) is 0 Å². The molecule has 3 aliphatic carbocycles. The Morgan fingerprint density at radius 1 is 0.733 bits per heavy atom. The molecule has 3 aliphatic rings. The summed E-state index contributed by atoms with van der Waals surface area (Å²) in [6.45, 7) is 7.70. The van der Waals surface area contributed by atoms with Crippen LogP contribution in [-0.2, 0) is 16.6 Å². The van der Waals surface area contributed by atoms with Crippen LogP contribution in [0.25, 0.3) is 0 Å². The first kappa shape index (κ1) is 29.2. The predicted molar refractivity (Wildman–Crippen MR) is 179 cm³/mol. The normalized spacial score (nSPS) is 17.6. The van der Waals surface area contributed by atoms with Gasteiger partial charge in [-0.25, -0.2) is 4.79 Å². The second-order valence-corrected chi connectivity index (χ2v) is 13.9. The maximum atomic E-state index is 13.7. The SMILES string of the molecule is Cc1ccccc1CC12c3ccccc3C(c3ccccc31)c1c(OC(=O)C(C)(C)C)ccc(OC(=O)c3ccc(Br)cc3)c12. The lowest BCUT2D eigenvalue weighted by atomic mass is 9.51. The topological polar surface area (TPSA) is 52.6 Å². The molecule has 5 aromatic rings. The van der Waals surface area contributed by atoms with Gasteiger partial charge in [0.05, 0.1) is 16.4 Å². The molecule has 45 heavy (non-hydrogen) atoms. The van der Waals surface area contributed by atoms with Gasteiger partial charge in [0.2, 0.25) is 0 Å². The summed E-state index contributed by atoms with van der Waals surface area (Å²) >= 11 is 3.46. The summed E-state index contributed by atoms with van der Waals surface area (Å²) in [6, 6.07) is 36.3. The van der Waals surface area contributed by atoms with E-state index in [9.17, 15) is 9.59 Å². The van der Waals surface area contributed by atoms with Crippen LogP contribution < -0.4 is 9.47 Å². The zero-order chi connectivity index (χ0) is 31.5. The number of hydrogen-bond acceptors (Lipinski definition) is 4. The Bertz CT molecular complexity index is 1940. The monoisotopic (exact) mass is 656 g/mol. The fourth-order valence-electron chi connectivity index (χ4n) is 7.02. The lowest BCUT2D eigenvalue weighted by Gasteiger charge is -2.51. The molecule has 5 heteroatoms. The highest BCUT2D eigenvalue weighted by Gasteiger charge is 2.54. The maximum Gasteiger partial charge on any atom is 0.343 e. The van der Waals surface area contributed by atoms with Gasteiger partial charge in [-0.1, -0.05) is 88.7 Å². The molecule has 4 nitrogen and oxygen atoms in total. The Hall–Kier alpha value is -4.48. The van der Waals surface area contributed by atoms with Crippen molar-refractivity contribution in [2.24, 2.45) is 5.41 Å². The molecule has 8 rings (SSSR count). The first-order valence-electron chi connectivity index (χ1n) is 15.2. The van der Waals surface area contributed by atoms with E-state index in [1.807, 2.05) is 32.9 Å². The number of halogens is 1. The molecule has 0 spiro atoms. The van der Waals surface area contributed by atoms with Crippen LogP contribution in [0.3, 0.4) is 0 Å². The van der Waals surface area contributed by atoms with Crippen molar-refractivity contribution in [2.75, 3.05) is 0 Å². The molecule has 0 amide bonds. The third-order valence-electron chi connectivity index (χ3n) is 9.16. The minimum Gasteiger partial charge on any atom is -0.426 e. The number of esters is 2. The zero-order valence-corrected chi connectivity index (χ0v) is 27.3. The largest absolute Gasteiger partial charge is 0.426 e. The molecule has 0 heterocycles. The van der Waals surface area contributed by atoms with E-state index in [2.05, 4.69) is 95.7 Å². The molecule has 0 atom stereocenters. The van der Waals surface area contributed by atoms with Crippen molar-refractivity contribution in [1.82, 2.24) is 0 Å². The van der Waals surface area contributed by atoms with Gasteiger partial charge in [0.15, 0.2) is 0 Å². The molecule has 2 bridgehead atoms. The lowest BCUT2D eigenvalue weighted by molar-refractivity contribution is -0.143. The van der Waals surface area contributed by atoms with E-state index < -0.39 is 16.8 Å². The van der Waals surface area contributed by atoms with E-state index in [0.717, 1.165) is 15.6 Å². The average Bonchev–Trinajstić information content (AvgIpc) is 3.03. The van der Waals surface area contributed by atoms with E-state index in [1.54, 1.807) is 24.3 Å². The van der Waals surface area contributed by atoms with Crippen molar-refractivity contribution < 1.29 is 19.1 Å². The van der Waals surface area contributed by atoms with Gasteiger partial charge in [-0.15, -0.1) is 0 Å². The van der Waals surface area contributed by atoms with Gasteiger partial charge in [0.1, 0.15) is 11.5 Å². The molecule has 0 radical (unpaired) electrons. The molecule has 0 fully saturated rings. The summed E-state index contributed by atoms with van der Waals surface area (Å²) in [4.78, 5) is 27.1. The van der Waals surface area contributed by atoms with Gasteiger partial charge in [-0.3, -0.25) is 4.79 Å². The summed E-state index contributed by atoms with van der Waals surface area (Å²) in [5.41, 5.74) is 7.82. The minimum atomic E-state index is -0.719. The molecule has 5 aromatic carbocycles. The second kappa shape index (κ2) is 10.8. The van der Waals surface area contributed by atoms with E-state index >= 15 is 0 Å². The number of benzene rings is 5. The number of rotatable bonds is 5. The van der Waals surface area contributed by atoms with Crippen molar-refractivity contribution in [3.8, 4) is 11.5 Å². The van der Waals surface area contributed by atoms with Crippen LogP contribution in [0.1, 0.15) is 81.6 Å². The van der Waals surface area contributed by atoms with Gasteiger partial charge in [0.25, 0.3) is 0 Å². The quantitative estimate of drug-likeness (QED) is 0.140. The van der Waals surface area contributed by atoms with Crippen LogP contribution in [0.4, 0.5) is 0 Å². The van der Waals surface area contributed by atoms with Crippen molar-refractivity contribution in [3.05, 3.63) is 164 Å². The fraction of sp³-hybridized carbons (Fsp3) is 0.200. The molecular weight excluding hydrogens is 624 g/mol. The highest BCUT2D eigenvalue weighted by molar-refractivity contribution is 9.10. The number of ether oxygens (including phenoxy) is 2. The van der Waals surface area contributed by atoms with Crippen molar-refractivity contribution in [2.45, 2.75) is 45.4 Å². The fourth-order valence-corrected chi connectivity index (χ4v) is 7.28. The molecule has 0 N–H and O–H groups in total. The lowest BCUT2D eigenvalue weighted by Crippen LogP contribution is -2.44. The molecule has 0 saturated carbocycles. The van der Waals surface area contributed by atoms with E-state index in [0.29, 0.717) is 23.5 Å². The maximum absolute atomic E-state index is 13.7. The smallest absolute Gasteiger partial charge is 0.343 e. The number of hydrogen-bond donors (Lipinski definition) is 0. The first-order chi connectivity index (χ1) is 21.6. The summed E-state index contributed by atoms with van der Waals surface area (Å²) in [7, 11) is 0. The molecular formula is C40H33BrO4. The molecule has 224 valence electrons. The van der Waals surface area contributed by atoms with Crippen LogP contribution in [0, 0.1) is 12.3 Å². The molecule has 0 saturated heterocycles. The summed E-state index contributed by atoms with van der Waals surface area (Å²) in [5, 5.41) is 0. The van der Waals surface area contributed by atoms with Crippen LogP contribution >= 0.6 is 15.9 Å². The van der Waals surface area contributed by atoms with Gasteiger partial charge in [-0.05, 0) is 104 Å². The third-order valence-corrected chi connectivity index (χ3v) is 9.69. The van der Waals surface area contributed by atoms with Crippen molar-refractivity contribution >= 4 is 27.9 Å². The minimum absolute atomic E-state index is 0.208. The van der Waals surface area contributed by atoms with Crippen LogP contribution in [0.2, 0.25) is 0 Å².